The monoisotopic (exact) mass is 311 g/mol. The van der Waals surface area contributed by atoms with Crippen LogP contribution in [0.2, 0.25) is 0 Å². The number of hydrogen-bond acceptors (Lipinski definition) is 3. The molecule has 0 aromatic carbocycles. The van der Waals surface area contributed by atoms with Gasteiger partial charge in [0.2, 0.25) is 0 Å². The number of carbonyl (C=O) groups is 1. The summed E-state index contributed by atoms with van der Waals surface area (Å²) in [6.45, 7) is 5.87. The summed E-state index contributed by atoms with van der Waals surface area (Å²) in [5.74, 6) is -0.325. The van der Waals surface area contributed by atoms with E-state index < -0.39 is 30.4 Å². The van der Waals surface area contributed by atoms with Gasteiger partial charge in [0.05, 0.1) is 6.10 Å². The van der Waals surface area contributed by atoms with Gasteiger partial charge in [0.15, 0.2) is 0 Å². The molecule has 2 atom stereocenters. The summed E-state index contributed by atoms with van der Waals surface area (Å²) in [4.78, 5) is 13.4. The second-order valence-corrected chi connectivity index (χ2v) is 6.55. The Labute approximate surface area is 123 Å². The summed E-state index contributed by atoms with van der Waals surface area (Å²) in [7, 11) is 0. The number of piperidine rings is 1. The maximum absolute atomic E-state index is 12.2. The molecule has 1 fully saturated rings. The molecule has 1 aliphatic heterocycles. The maximum atomic E-state index is 12.2. The number of amides is 1. The molecule has 21 heavy (non-hydrogen) atoms. The topological polar surface area (TPSA) is 49.8 Å². The van der Waals surface area contributed by atoms with Crippen LogP contribution >= 0.6 is 0 Å². The van der Waals surface area contributed by atoms with E-state index in [4.69, 9.17) is 4.74 Å². The minimum atomic E-state index is -4.18. The van der Waals surface area contributed by atoms with Gasteiger partial charge in [0, 0.05) is 25.4 Å². The fraction of sp³-hybridized carbons (Fsp3) is 0.929. The average molecular weight is 311 g/mol. The van der Waals surface area contributed by atoms with E-state index in [0.717, 1.165) is 0 Å². The molecule has 1 heterocycles. The first-order valence-electron chi connectivity index (χ1n) is 7.21. The molecule has 0 spiro atoms. The SMILES string of the molecule is CC(C)(C)OC(=O)N1CCC(O)C(CCCC(F)(F)F)C1. The molecule has 0 saturated carbocycles. The first-order valence-corrected chi connectivity index (χ1v) is 7.21. The van der Waals surface area contributed by atoms with Gasteiger partial charge in [-0.3, -0.25) is 0 Å². The minimum absolute atomic E-state index is 0.0343. The van der Waals surface area contributed by atoms with Crippen molar-refractivity contribution in [3.63, 3.8) is 0 Å². The molecule has 1 aliphatic rings. The highest BCUT2D eigenvalue weighted by Crippen LogP contribution is 2.28. The third-order valence-corrected chi connectivity index (χ3v) is 3.38. The smallest absolute Gasteiger partial charge is 0.410 e. The van der Waals surface area contributed by atoms with Crippen LogP contribution in [0.3, 0.4) is 0 Å². The molecule has 1 amide bonds. The number of rotatable bonds is 3. The maximum Gasteiger partial charge on any atom is 0.410 e. The molecule has 1 N–H and O–H groups in total. The Balaban J connectivity index is 2.48. The van der Waals surface area contributed by atoms with Gasteiger partial charge in [-0.15, -0.1) is 0 Å². The number of aliphatic hydroxyl groups excluding tert-OH is 1. The molecule has 1 rings (SSSR count). The van der Waals surface area contributed by atoms with E-state index in [1.165, 1.54) is 4.90 Å². The highest BCUT2D eigenvalue weighted by atomic mass is 19.4. The number of hydrogen-bond donors (Lipinski definition) is 1. The number of alkyl halides is 3. The van der Waals surface area contributed by atoms with Crippen molar-refractivity contribution in [3.05, 3.63) is 0 Å². The van der Waals surface area contributed by atoms with E-state index in [1.54, 1.807) is 20.8 Å². The Morgan fingerprint density at radius 3 is 2.48 bits per heavy atom. The summed E-state index contributed by atoms with van der Waals surface area (Å²) >= 11 is 0. The molecular weight excluding hydrogens is 287 g/mol. The summed E-state index contributed by atoms with van der Waals surface area (Å²) in [5, 5.41) is 9.87. The van der Waals surface area contributed by atoms with E-state index in [-0.39, 0.29) is 25.3 Å². The number of halogens is 3. The Morgan fingerprint density at radius 1 is 1.33 bits per heavy atom. The van der Waals surface area contributed by atoms with Crippen molar-refractivity contribution in [1.82, 2.24) is 4.90 Å². The van der Waals surface area contributed by atoms with Crippen LogP contribution in [0.15, 0.2) is 0 Å². The Kier molecular flexibility index (Phi) is 5.90. The van der Waals surface area contributed by atoms with Crippen molar-refractivity contribution in [1.29, 1.82) is 0 Å². The lowest BCUT2D eigenvalue weighted by Gasteiger charge is -2.37. The third kappa shape index (κ3) is 7.02. The largest absolute Gasteiger partial charge is 0.444 e. The predicted octanol–water partition coefficient (Wildman–Crippen LogP) is 3.34. The molecule has 4 nitrogen and oxygen atoms in total. The third-order valence-electron chi connectivity index (χ3n) is 3.38. The van der Waals surface area contributed by atoms with Crippen molar-refractivity contribution < 1.29 is 27.8 Å². The van der Waals surface area contributed by atoms with Crippen LogP contribution in [0.25, 0.3) is 0 Å². The number of nitrogens with zero attached hydrogens (tertiary/aromatic N) is 1. The van der Waals surface area contributed by atoms with Crippen LogP contribution in [-0.2, 0) is 4.74 Å². The summed E-state index contributed by atoms with van der Waals surface area (Å²) in [6.07, 6.45) is -5.58. The molecule has 0 aromatic heterocycles. The van der Waals surface area contributed by atoms with Crippen LogP contribution in [0.1, 0.15) is 46.5 Å². The quantitative estimate of drug-likeness (QED) is 0.869. The molecule has 0 aliphatic carbocycles. The molecule has 124 valence electrons. The first-order chi connectivity index (χ1) is 9.48. The van der Waals surface area contributed by atoms with Crippen LogP contribution in [0.5, 0.6) is 0 Å². The normalized spacial score (nSPS) is 24.0. The van der Waals surface area contributed by atoms with Gasteiger partial charge in [-0.25, -0.2) is 4.79 Å². The van der Waals surface area contributed by atoms with Crippen molar-refractivity contribution in [3.8, 4) is 0 Å². The Hall–Kier alpha value is -0.980. The number of carbonyl (C=O) groups excluding carboxylic acids is 1. The van der Waals surface area contributed by atoms with E-state index in [1.807, 2.05) is 0 Å². The number of aliphatic hydroxyl groups is 1. The van der Waals surface area contributed by atoms with Crippen LogP contribution in [0.4, 0.5) is 18.0 Å². The molecule has 7 heteroatoms. The van der Waals surface area contributed by atoms with Crippen LogP contribution in [-0.4, -0.2) is 47.1 Å². The molecular formula is C14H24F3NO3. The number of ether oxygens (including phenoxy) is 1. The summed E-state index contributed by atoms with van der Waals surface area (Å²) in [5.41, 5.74) is -0.612. The lowest BCUT2D eigenvalue weighted by molar-refractivity contribution is -0.137. The zero-order valence-electron chi connectivity index (χ0n) is 12.7. The van der Waals surface area contributed by atoms with Gasteiger partial charge in [-0.05, 0) is 40.0 Å². The van der Waals surface area contributed by atoms with Crippen molar-refractivity contribution in [2.75, 3.05) is 13.1 Å². The highest BCUT2D eigenvalue weighted by Gasteiger charge is 2.33. The summed E-state index contributed by atoms with van der Waals surface area (Å²) in [6, 6.07) is 0. The van der Waals surface area contributed by atoms with Crippen molar-refractivity contribution in [2.45, 2.75) is 64.3 Å². The standard InChI is InChI=1S/C14H24F3NO3/c1-13(2,3)21-12(20)18-8-6-11(19)10(9-18)5-4-7-14(15,16)17/h10-11,19H,4-9H2,1-3H3. The summed E-state index contributed by atoms with van der Waals surface area (Å²) < 4.78 is 41.7. The second kappa shape index (κ2) is 6.85. The van der Waals surface area contributed by atoms with E-state index >= 15 is 0 Å². The lowest BCUT2D eigenvalue weighted by atomic mass is 9.90. The average Bonchev–Trinajstić information content (AvgIpc) is 2.27. The van der Waals surface area contributed by atoms with Gasteiger partial charge in [-0.1, -0.05) is 0 Å². The number of likely N-dealkylation sites (tertiary alicyclic amines) is 1. The molecule has 0 aromatic rings. The van der Waals surface area contributed by atoms with Gasteiger partial charge in [0.25, 0.3) is 0 Å². The van der Waals surface area contributed by atoms with Gasteiger partial charge in [-0.2, -0.15) is 13.2 Å². The van der Waals surface area contributed by atoms with Crippen molar-refractivity contribution in [2.24, 2.45) is 5.92 Å². The molecule has 1 saturated heterocycles. The van der Waals surface area contributed by atoms with Crippen LogP contribution in [0, 0.1) is 5.92 Å². The molecule has 2 unspecified atom stereocenters. The van der Waals surface area contributed by atoms with Crippen molar-refractivity contribution >= 4 is 6.09 Å². The second-order valence-electron chi connectivity index (χ2n) is 6.55. The Morgan fingerprint density at radius 2 is 1.95 bits per heavy atom. The fourth-order valence-electron chi connectivity index (χ4n) is 2.36. The zero-order valence-corrected chi connectivity index (χ0v) is 12.7. The lowest BCUT2D eigenvalue weighted by Crippen LogP contribution is -2.47. The molecule has 0 bridgehead atoms. The predicted molar refractivity (Wildman–Crippen MR) is 71.8 cm³/mol. The van der Waals surface area contributed by atoms with Gasteiger partial charge < -0.3 is 14.7 Å². The Bertz CT molecular complexity index is 352. The van der Waals surface area contributed by atoms with Gasteiger partial charge >= 0.3 is 12.3 Å². The molecule has 0 radical (unpaired) electrons. The first kappa shape index (κ1) is 18.1. The highest BCUT2D eigenvalue weighted by molar-refractivity contribution is 5.68. The minimum Gasteiger partial charge on any atom is -0.444 e. The zero-order chi connectivity index (χ0) is 16.3. The van der Waals surface area contributed by atoms with Crippen LogP contribution < -0.4 is 0 Å². The van der Waals surface area contributed by atoms with E-state index in [0.29, 0.717) is 13.0 Å². The van der Waals surface area contributed by atoms with E-state index in [2.05, 4.69) is 0 Å². The van der Waals surface area contributed by atoms with Gasteiger partial charge in [0.1, 0.15) is 5.60 Å². The fourth-order valence-corrected chi connectivity index (χ4v) is 2.36. The van der Waals surface area contributed by atoms with E-state index in [9.17, 15) is 23.1 Å².